The molecule has 0 fully saturated rings. The Morgan fingerprint density at radius 1 is 1.60 bits per heavy atom. The van der Waals surface area contributed by atoms with Gasteiger partial charge < -0.3 is 10.0 Å². The molecule has 1 unspecified atom stereocenters. The molecule has 86 valence electrons. The molecule has 0 saturated heterocycles. The topological polar surface area (TPSA) is 36.4 Å². The van der Waals surface area contributed by atoms with E-state index in [1.807, 2.05) is 7.05 Å². The summed E-state index contributed by atoms with van der Waals surface area (Å²) < 4.78 is 0. The molecule has 1 rings (SSSR count). The normalized spacial score (nSPS) is 14.0. The predicted molar refractivity (Wildman–Crippen MR) is 65.5 cm³/mol. The molecule has 1 heterocycles. The number of anilines is 1. The SMILES string of the molecule is CCC(C)(C)N(C)c1ncc(C(C)O)s1. The van der Waals surface area contributed by atoms with E-state index in [0.717, 1.165) is 16.4 Å². The van der Waals surface area contributed by atoms with Crippen LogP contribution in [-0.4, -0.2) is 22.7 Å². The number of aliphatic hydroxyl groups excluding tert-OH is 1. The summed E-state index contributed by atoms with van der Waals surface area (Å²) in [6.45, 7) is 8.31. The largest absolute Gasteiger partial charge is 0.388 e. The summed E-state index contributed by atoms with van der Waals surface area (Å²) in [6, 6.07) is 0. The zero-order valence-corrected chi connectivity index (χ0v) is 10.9. The van der Waals surface area contributed by atoms with Gasteiger partial charge in [-0.15, -0.1) is 0 Å². The first-order valence-electron chi connectivity index (χ1n) is 5.26. The zero-order chi connectivity index (χ0) is 11.6. The fourth-order valence-corrected chi connectivity index (χ4v) is 2.10. The maximum Gasteiger partial charge on any atom is 0.185 e. The molecule has 0 amide bonds. The molecule has 0 saturated carbocycles. The molecule has 1 N–H and O–H groups in total. The molecule has 3 nitrogen and oxygen atoms in total. The maximum atomic E-state index is 9.43. The van der Waals surface area contributed by atoms with Gasteiger partial charge in [0, 0.05) is 18.8 Å². The lowest BCUT2D eigenvalue weighted by Crippen LogP contribution is -2.40. The highest BCUT2D eigenvalue weighted by atomic mass is 32.1. The Labute approximate surface area is 95.8 Å². The Morgan fingerprint density at radius 2 is 2.20 bits per heavy atom. The van der Waals surface area contributed by atoms with Gasteiger partial charge in [-0.05, 0) is 27.2 Å². The molecule has 1 atom stereocenters. The van der Waals surface area contributed by atoms with Gasteiger partial charge in [0.15, 0.2) is 5.13 Å². The summed E-state index contributed by atoms with van der Waals surface area (Å²) in [5.41, 5.74) is 0.105. The summed E-state index contributed by atoms with van der Waals surface area (Å²) in [5, 5.41) is 10.4. The highest BCUT2D eigenvalue weighted by molar-refractivity contribution is 7.15. The number of thiazole rings is 1. The standard InChI is InChI=1S/C11H20N2OS/c1-6-11(3,4)13(5)10-12-7-9(15-10)8(2)14/h7-8,14H,6H2,1-5H3. The monoisotopic (exact) mass is 228 g/mol. The molecule has 0 aliphatic heterocycles. The van der Waals surface area contributed by atoms with Crippen molar-refractivity contribution in [2.75, 3.05) is 11.9 Å². The third-order valence-electron chi connectivity index (χ3n) is 2.98. The minimum absolute atomic E-state index is 0.105. The highest BCUT2D eigenvalue weighted by Gasteiger charge is 2.23. The lowest BCUT2D eigenvalue weighted by atomic mass is 10.0. The van der Waals surface area contributed by atoms with Crippen molar-refractivity contribution in [1.29, 1.82) is 0 Å². The van der Waals surface area contributed by atoms with Gasteiger partial charge in [0.25, 0.3) is 0 Å². The van der Waals surface area contributed by atoms with E-state index in [-0.39, 0.29) is 5.54 Å². The Balaban J connectivity index is 2.87. The van der Waals surface area contributed by atoms with E-state index in [9.17, 15) is 5.11 Å². The van der Waals surface area contributed by atoms with Gasteiger partial charge in [-0.1, -0.05) is 18.3 Å². The summed E-state index contributed by atoms with van der Waals surface area (Å²) in [6.07, 6.45) is 2.40. The van der Waals surface area contributed by atoms with Gasteiger partial charge in [0.2, 0.25) is 0 Å². The van der Waals surface area contributed by atoms with E-state index >= 15 is 0 Å². The molecular formula is C11H20N2OS. The van der Waals surface area contributed by atoms with Crippen LogP contribution < -0.4 is 4.90 Å². The Kier molecular flexibility index (Phi) is 3.73. The number of hydrogen-bond donors (Lipinski definition) is 1. The third-order valence-corrected chi connectivity index (χ3v) is 4.23. The van der Waals surface area contributed by atoms with Crippen LogP contribution in [-0.2, 0) is 0 Å². The fourth-order valence-electron chi connectivity index (χ4n) is 1.12. The van der Waals surface area contributed by atoms with Gasteiger partial charge in [0.1, 0.15) is 0 Å². The lowest BCUT2D eigenvalue weighted by molar-refractivity contribution is 0.203. The fraction of sp³-hybridized carbons (Fsp3) is 0.727. The first-order valence-corrected chi connectivity index (χ1v) is 6.07. The van der Waals surface area contributed by atoms with Crippen molar-refractivity contribution in [3.05, 3.63) is 11.1 Å². The van der Waals surface area contributed by atoms with Crippen LogP contribution in [0.3, 0.4) is 0 Å². The van der Waals surface area contributed by atoms with E-state index in [1.54, 1.807) is 24.5 Å². The van der Waals surface area contributed by atoms with Crippen LogP contribution in [0.15, 0.2) is 6.20 Å². The number of nitrogens with zero attached hydrogens (tertiary/aromatic N) is 2. The molecular weight excluding hydrogens is 208 g/mol. The van der Waals surface area contributed by atoms with E-state index in [4.69, 9.17) is 0 Å². The van der Waals surface area contributed by atoms with Gasteiger partial charge in [-0.25, -0.2) is 4.98 Å². The molecule has 0 aromatic carbocycles. The van der Waals surface area contributed by atoms with Crippen molar-refractivity contribution in [3.63, 3.8) is 0 Å². The maximum absolute atomic E-state index is 9.43. The number of hydrogen-bond acceptors (Lipinski definition) is 4. The lowest BCUT2D eigenvalue weighted by Gasteiger charge is -2.34. The van der Waals surface area contributed by atoms with Crippen molar-refractivity contribution >= 4 is 16.5 Å². The Bertz CT molecular complexity index is 320. The van der Waals surface area contributed by atoms with E-state index in [1.165, 1.54) is 0 Å². The molecule has 0 spiro atoms. The van der Waals surface area contributed by atoms with Crippen molar-refractivity contribution in [2.24, 2.45) is 0 Å². The van der Waals surface area contributed by atoms with Crippen LogP contribution in [0.2, 0.25) is 0 Å². The van der Waals surface area contributed by atoms with Gasteiger partial charge in [-0.2, -0.15) is 0 Å². The molecule has 0 aliphatic rings. The summed E-state index contributed by atoms with van der Waals surface area (Å²) >= 11 is 1.56. The first-order chi connectivity index (χ1) is 6.88. The highest BCUT2D eigenvalue weighted by Crippen LogP contribution is 2.31. The molecule has 0 aliphatic carbocycles. The van der Waals surface area contributed by atoms with Crippen molar-refractivity contribution in [1.82, 2.24) is 4.98 Å². The minimum atomic E-state index is -0.422. The van der Waals surface area contributed by atoms with Gasteiger partial charge >= 0.3 is 0 Å². The Morgan fingerprint density at radius 3 is 2.60 bits per heavy atom. The van der Waals surface area contributed by atoms with Crippen LogP contribution >= 0.6 is 11.3 Å². The minimum Gasteiger partial charge on any atom is -0.388 e. The predicted octanol–water partition coefficient (Wildman–Crippen LogP) is 2.82. The van der Waals surface area contributed by atoms with Crippen LogP contribution in [0.5, 0.6) is 0 Å². The van der Waals surface area contributed by atoms with E-state index in [0.29, 0.717) is 0 Å². The van der Waals surface area contributed by atoms with Crippen LogP contribution in [0.25, 0.3) is 0 Å². The van der Waals surface area contributed by atoms with Gasteiger partial charge in [0.05, 0.1) is 11.0 Å². The number of aliphatic hydroxyl groups is 1. The second kappa shape index (κ2) is 4.49. The van der Waals surface area contributed by atoms with Gasteiger partial charge in [-0.3, -0.25) is 0 Å². The van der Waals surface area contributed by atoms with E-state index < -0.39 is 6.10 Å². The average molecular weight is 228 g/mol. The van der Waals surface area contributed by atoms with Crippen molar-refractivity contribution < 1.29 is 5.11 Å². The van der Waals surface area contributed by atoms with E-state index in [2.05, 4.69) is 30.7 Å². The summed E-state index contributed by atoms with van der Waals surface area (Å²) in [7, 11) is 2.05. The zero-order valence-electron chi connectivity index (χ0n) is 10.1. The quantitative estimate of drug-likeness (QED) is 0.861. The molecule has 1 aromatic heterocycles. The Hall–Kier alpha value is -0.610. The average Bonchev–Trinajstić information content (AvgIpc) is 2.65. The van der Waals surface area contributed by atoms with Crippen LogP contribution in [0.1, 0.15) is 45.1 Å². The second-order valence-electron chi connectivity index (χ2n) is 4.45. The molecule has 1 aromatic rings. The molecule has 15 heavy (non-hydrogen) atoms. The molecule has 4 heteroatoms. The van der Waals surface area contributed by atoms with Crippen molar-refractivity contribution in [3.8, 4) is 0 Å². The second-order valence-corrected chi connectivity index (χ2v) is 5.49. The third kappa shape index (κ3) is 2.69. The first kappa shape index (κ1) is 12.5. The summed E-state index contributed by atoms with van der Waals surface area (Å²) in [4.78, 5) is 7.43. The molecule has 0 radical (unpaired) electrons. The molecule has 0 bridgehead atoms. The number of aromatic nitrogens is 1. The van der Waals surface area contributed by atoms with Crippen LogP contribution in [0, 0.1) is 0 Å². The number of rotatable bonds is 4. The smallest absolute Gasteiger partial charge is 0.185 e. The van der Waals surface area contributed by atoms with Crippen molar-refractivity contribution in [2.45, 2.75) is 45.8 Å². The summed E-state index contributed by atoms with van der Waals surface area (Å²) in [5.74, 6) is 0. The van der Waals surface area contributed by atoms with Crippen LogP contribution in [0.4, 0.5) is 5.13 Å².